The molecule has 6 heteroatoms. The smallest absolute Gasteiger partial charge is 0.222 e. The van der Waals surface area contributed by atoms with Crippen molar-refractivity contribution in [1.29, 1.82) is 0 Å². The number of fused-ring (bicyclic) bond motifs is 1. The van der Waals surface area contributed by atoms with Gasteiger partial charge in [-0.25, -0.2) is 9.97 Å². The summed E-state index contributed by atoms with van der Waals surface area (Å²) in [6, 6.07) is 20.5. The van der Waals surface area contributed by atoms with Crippen LogP contribution in [0.1, 0.15) is 30.2 Å². The number of benzene rings is 2. The molecule has 1 amide bonds. The molecule has 0 spiro atoms. The van der Waals surface area contributed by atoms with Crippen LogP contribution in [0.3, 0.4) is 0 Å². The van der Waals surface area contributed by atoms with Gasteiger partial charge >= 0.3 is 0 Å². The summed E-state index contributed by atoms with van der Waals surface area (Å²) >= 11 is 1.69. The van der Waals surface area contributed by atoms with E-state index in [2.05, 4.69) is 58.6 Å². The standard InChI is InChI=1S/C26H28N4OS/c1-3-30(17-20-11-6-4-7-12-20)22(31)15-10-16-27-25-24-23(21-13-8-5-9-14-21)19(2)32-26(24)29-18-28-25/h4-9,11-14,18H,3,10,15-17H2,1-2H3,(H,27,28,29). The third kappa shape index (κ3) is 4.97. The summed E-state index contributed by atoms with van der Waals surface area (Å²) in [7, 11) is 0. The number of hydrogen-bond donors (Lipinski definition) is 1. The van der Waals surface area contributed by atoms with Gasteiger partial charge in [-0.1, -0.05) is 60.7 Å². The zero-order valence-electron chi connectivity index (χ0n) is 18.5. The maximum absolute atomic E-state index is 12.7. The molecular formula is C26H28N4OS. The molecule has 5 nitrogen and oxygen atoms in total. The van der Waals surface area contributed by atoms with Gasteiger partial charge in [-0.15, -0.1) is 11.3 Å². The normalized spacial score (nSPS) is 10.9. The maximum atomic E-state index is 12.7. The van der Waals surface area contributed by atoms with Gasteiger partial charge in [0.1, 0.15) is 17.0 Å². The average Bonchev–Trinajstić information content (AvgIpc) is 3.17. The molecule has 0 aliphatic heterocycles. The Labute approximate surface area is 193 Å². The van der Waals surface area contributed by atoms with Gasteiger partial charge in [0, 0.05) is 36.5 Å². The third-order valence-corrected chi connectivity index (χ3v) is 6.55. The van der Waals surface area contributed by atoms with Gasteiger partial charge in [-0.2, -0.15) is 0 Å². The zero-order chi connectivity index (χ0) is 22.3. The number of carbonyl (C=O) groups excluding carboxylic acids is 1. The lowest BCUT2D eigenvalue weighted by Gasteiger charge is -2.21. The summed E-state index contributed by atoms with van der Waals surface area (Å²) in [6.45, 7) is 6.21. The highest BCUT2D eigenvalue weighted by molar-refractivity contribution is 7.19. The average molecular weight is 445 g/mol. The molecule has 4 rings (SSSR count). The van der Waals surface area contributed by atoms with Gasteiger partial charge in [0.05, 0.1) is 5.39 Å². The zero-order valence-corrected chi connectivity index (χ0v) is 19.4. The highest BCUT2D eigenvalue weighted by Gasteiger charge is 2.17. The molecule has 2 aromatic heterocycles. The Morgan fingerprint density at radius 3 is 2.47 bits per heavy atom. The van der Waals surface area contributed by atoms with E-state index in [0.717, 1.165) is 28.0 Å². The molecule has 0 fully saturated rings. The van der Waals surface area contributed by atoms with E-state index in [9.17, 15) is 4.79 Å². The van der Waals surface area contributed by atoms with E-state index in [4.69, 9.17) is 0 Å². The predicted octanol–water partition coefficient (Wildman–Crippen LogP) is 5.91. The second-order valence-electron chi connectivity index (χ2n) is 7.73. The Morgan fingerprint density at radius 2 is 1.75 bits per heavy atom. The van der Waals surface area contributed by atoms with Gasteiger partial charge in [-0.3, -0.25) is 4.79 Å². The van der Waals surface area contributed by atoms with Crippen LogP contribution in [0.15, 0.2) is 67.0 Å². The summed E-state index contributed by atoms with van der Waals surface area (Å²) in [5.74, 6) is 1.02. The minimum Gasteiger partial charge on any atom is -0.369 e. The molecule has 0 saturated carbocycles. The van der Waals surface area contributed by atoms with Crippen molar-refractivity contribution in [3.63, 3.8) is 0 Å². The van der Waals surface area contributed by atoms with E-state index >= 15 is 0 Å². The summed E-state index contributed by atoms with van der Waals surface area (Å²) < 4.78 is 0. The van der Waals surface area contributed by atoms with Crippen molar-refractivity contribution in [2.24, 2.45) is 0 Å². The molecule has 0 aliphatic rings. The van der Waals surface area contributed by atoms with Crippen LogP contribution < -0.4 is 5.32 Å². The highest BCUT2D eigenvalue weighted by Crippen LogP contribution is 2.40. The molecule has 1 N–H and O–H groups in total. The van der Waals surface area contributed by atoms with E-state index in [0.29, 0.717) is 26.1 Å². The number of thiophene rings is 1. The van der Waals surface area contributed by atoms with Crippen LogP contribution in [-0.2, 0) is 11.3 Å². The number of rotatable bonds is 9. The summed E-state index contributed by atoms with van der Waals surface area (Å²) in [4.78, 5) is 25.8. The van der Waals surface area contributed by atoms with Crippen LogP contribution in [0.5, 0.6) is 0 Å². The minimum absolute atomic E-state index is 0.183. The topological polar surface area (TPSA) is 58.1 Å². The molecule has 32 heavy (non-hydrogen) atoms. The quantitative estimate of drug-likeness (QED) is 0.326. The second kappa shape index (κ2) is 10.4. The molecule has 0 radical (unpaired) electrons. The van der Waals surface area contributed by atoms with Crippen molar-refractivity contribution >= 4 is 33.3 Å². The van der Waals surface area contributed by atoms with Crippen LogP contribution >= 0.6 is 11.3 Å². The predicted molar refractivity (Wildman–Crippen MR) is 133 cm³/mol. The first kappa shape index (κ1) is 22.0. The Kier molecular flexibility index (Phi) is 7.12. The Hall–Kier alpha value is -3.25. The Morgan fingerprint density at radius 1 is 1.03 bits per heavy atom. The van der Waals surface area contributed by atoms with Crippen molar-refractivity contribution in [3.05, 3.63) is 77.4 Å². The number of aromatic nitrogens is 2. The number of amides is 1. The van der Waals surface area contributed by atoms with Gasteiger partial charge in [-0.05, 0) is 31.4 Å². The summed E-state index contributed by atoms with van der Waals surface area (Å²) in [5, 5.41) is 4.52. The molecule has 0 bridgehead atoms. The summed E-state index contributed by atoms with van der Waals surface area (Å²) in [6.07, 6.45) is 2.87. The van der Waals surface area contributed by atoms with Crippen LogP contribution in [0, 0.1) is 6.92 Å². The highest BCUT2D eigenvalue weighted by atomic mass is 32.1. The van der Waals surface area contributed by atoms with E-state index in [-0.39, 0.29) is 5.91 Å². The maximum Gasteiger partial charge on any atom is 0.222 e. The minimum atomic E-state index is 0.183. The van der Waals surface area contributed by atoms with E-state index in [1.807, 2.05) is 36.1 Å². The Bertz CT molecular complexity index is 1170. The van der Waals surface area contributed by atoms with Crippen molar-refractivity contribution < 1.29 is 4.79 Å². The molecule has 164 valence electrons. The monoisotopic (exact) mass is 444 g/mol. The molecule has 0 atom stereocenters. The number of nitrogens with one attached hydrogen (secondary N) is 1. The fourth-order valence-electron chi connectivity index (χ4n) is 3.92. The number of carbonyl (C=O) groups is 1. The number of anilines is 1. The molecular weight excluding hydrogens is 416 g/mol. The lowest BCUT2D eigenvalue weighted by molar-refractivity contribution is -0.131. The van der Waals surface area contributed by atoms with Crippen molar-refractivity contribution in [2.75, 3.05) is 18.4 Å². The number of aryl methyl sites for hydroxylation is 1. The largest absolute Gasteiger partial charge is 0.369 e. The molecule has 0 aliphatic carbocycles. The van der Waals surface area contributed by atoms with Crippen molar-refractivity contribution in [3.8, 4) is 11.1 Å². The van der Waals surface area contributed by atoms with Crippen molar-refractivity contribution in [2.45, 2.75) is 33.2 Å². The first-order valence-electron chi connectivity index (χ1n) is 11.0. The Balaban J connectivity index is 1.41. The molecule has 4 aromatic rings. The van der Waals surface area contributed by atoms with E-state index in [1.54, 1.807) is 17.7 Å². The van der Waals surface area contributed by atoms with Crippen molar-refractivity contribution in [1.82, 2.24) is 14.9 Å². The van der Waals surface area contributed by atoms with Crippen LogP contribution in [0.2, 0.25) is 0 Å². The van der Waals surface area contributed by atoms with Gasteiger partial charge in [0.2, 0.25) is 5.91 Å². The number of nitrogens with zero attached hydrogens (tertiary/aromatic N) is 3. The van der Waals surface area contributed by atoms with Gasteiger partial charge < -0.3 is 10.2 Å². The lowest BCUT2D eigenvalue weighted by Crippen LogP contribution is -2.30. The molecule has 0 saturated heterocycles. The first-order valence-corrected chi connectivity index (χ1v) is 11.8. The summed E-state index contributed by atoms with van der Waals surface area (Å²) in [5.41, 5.74) is 3.51. The van der Waals surface area contributed by atoms with Crippen LogP contribution in [-0.4, -0.2) is 33.9 Å². The second-order valence-corrected chi connectivity index (χ2v) is 8.93. The molecule has 0 unspecified atom stereocenters. The molecule has 2 heterocycles. The molecule has 2 aromatic carbocycles. The SMILES string of the molecule is CCN(Cc1ccccc1)C(=O)CCCNc1ncnc2sc(C)c(-c3ccccc3)c12. The fraction of sp³-hybridized carbons (Fsp3) is 0.269. The first-order chi connectivity index (χ1) is 15.7. The van der Waals surface area contributed by atoms with E-state index in [1.165, 1.54) is 16.0 Å². The van der Waals surface area contributed by atoms with Crippen LogP contribution in [0.25, 0.3) is 21.3 Å². The third-order valence-electron chi connectivity index (χ3n) is 5.54. The number of hydrogen-bond acceptors (Lipinski definition) is 5. The van der Waals surface area contributed by atoms with E-state index < -0.39 is 0 Å². The van der Waals surface area contributed by atoms with Gasteiger partial charge in [0.15, 0.2) is 0 Å². The fourth-order valence-corrected chi connectivity index (χ4v) is 4.93. The van der Waals surface area contributed by atoms with Gasteiger partial charge in [0.25, 0.3) is 0 Å². The lowest BCUT2D eigenvalue weighted by atomic mass is 10.0. The van der Waals surface area contributed by atoms with Crippen LogP contribution in [0.4, 0.5) is 5.82 Å².